The Bertz CT molecular complexity index is 187. The molecule has 4 heteroatoms. The molecule has 0 radical (unpaired) electrons. The molecule has 4 N–H and O–H groups in total. The SMILES string of the molecule is CCCC(O)CCCC(O)CCCC(O)CCCO. The third kappa shape index (κ3) is 12.6. The van der Waals surface area contributed by atoms with Crippen molar-refractivity contribution in [2.45, 2.75) is 89.4 Å². The molecule has 116 valence electrons. The van der Waals surface area contributed by atoms with Crippen LogP contribution in [0.25, 0.3) is 0 Å². The summed E-state index contributed by atoms with van der Waals surface area (Å²) >= 11 is 0. The minimum absolute atomic E-state index is 0.125. The fraction of sp³-hybridized carbons (Fsp3) is 1.00. The Morgan fingerprint density at radius 2 is 1.00 bits per heavy atom. The number of rotatable bonds is 13. The zero-order valence-electron chi connectivity index (χ0n) is 12.3. The van der Waals surface area contributed by atoms with E-state index < -0.39 is 0 Å². The molecule has 0 saturated carbocycles. The Hall–Kier alpha value is -0.160. The van der Waals surface area contributed by atoms with Crippen LogP contribution >= 0.6 is 0 Å². The highest BCUT2D eigenvalue weighted by Gasteiger charge is 2.09. The largest absolute Gasteiger partial charge is 0.396 e. The lowest BCUT2D eigenvalue weighted by molar-refractivity contribution is 0.109. The Balaban J connectivity index is 3.41. The van der Waals surface area contributed by atoms with Gasteiger partial charge in [0.15, 0.2) is 0 Å². The van der Waals surface area contributed by atoms with Gasteiger partial charge in [0, 0.05) is 6.61 Å². The van der Waals surface area contributed by atoms with Gasteiger partial charge in [-0.05, 0) is 57.8 Å². The van der Waals surface area contributed by atoms with Crippen molar-refractivity contribution in [2.75, 3.05) is 6.61 Å². The lowest BCUT2D eigenvalue weighted by atomic mass is 10.0. The first-order valence-corrected chi connectivity index (χ1v) is 7.75. The molecule has 19 heavy (non-hydrogen) atoms. The van der Waals surface area contributed by atoms with Gasteiger partial charge in [-0.25, -0.2) is 0 Å². The third-order valence-corrected chi connectivity index (χ3v) is 3.47. The third-order valence-electron chi connectivity index (χ3n) is 3.47. The monoisotopic (exact) mass is 276 g/mol. The zero-order valence-corrected chi connectivity index (χ0v) is 12.3. The molecule has 0 heterocycles. The summed E-state index contributed by atoms with van der Waals surface area (Å²) in [6.07, 6.45) is 6.77. The van der Waals surface area contributed by atoms with Gasteiger partial charge >= 0.3 is 0 Å². The summed E-state index contributed by atoms with van der Waals surface area (Å²) in [5.74, 6) is 0. The van der Waals surface area contributed by atoms with E-state index in [2.05, 4.69) is 6.92 Å². The summed E-state index contributed by atoms with van der Waals surface area (Å²) in [6, 6.07) is 0. The molecule has 0 amide bonds. The van der Waals surface area contributed by atoms with Gasteiger partial charge in [-0.15, -0.1) is 0 Å². The van der Waals surface area contributed by atoms with Crippen LogP contribution in [0.4, 0.5) is 0 Å². The molecule has 3 unspecified atom stereocenters. The van der Waals surface area contributed by atoms with Crippen molar-refractivity contribution < 1.29 is 20.4 Å². The number of hydrogen-bond acceptors (Lipinski definition) is 4. The van der Waals surface area contributed by atoms with E-state index in [9.17, 15) is 15.3 Å². The molecule has 0 rings (SSSR count). The molecule has 0 aromatic rings. The fourth-order valence-electron chi connectivity index (χ4n) is 2.27. The highest BCUT2D eigenvalue weighted by atomic mass is 16.3. The van der Waals surface area contributed by atoms with Gasteiger partial charge in [-0.3, -0.25) is 0 Å². The Morgan fingerprint density at radius 3 is 1.37 bits per heavy atom. The maximum Gasteiger partial charge on any atom is 0.0541 e. The van der Waals surface area contributed by atoms with Gasteiger partial charge in [0.05, 0.1) is 18.3 Å². The van der Waals surface area contributed by atoms with Crippen LogP contribution in [0.5, 0.6) is 0 Å². The molecular formula is C15H32O4. The van der Waals surface area contributed by atoms with Crippen LogP contribution in [0.1, 0.15) is 71.1 Å². The molecule has 0 aliphatic rings. The molecule has 0 aromatic heterocycles. The summed E-state index contributed by atoms with van der Waals surface area (Å²) < 4.78 is 0. The topological polar surface area (TPSA) is 80.9 Å². The second kappa shape index (κ2) is 12.9. The molecule has 0 saturated heterocycles. The van der Waals surface area contributed by atoms with Crippen molar-refractivity contribution in [1.82, 2.24) is 0 Å². The van der Waals surface area contributed by atoms with E-state index in [1.165, 1.54) is 0 Å². The van der Waals surface area contributed by atoms with E-state index in [1.807, 2.05) is 0 Å². The van der Waals surface area contributed by atoms with Gasteiger partial charge in [0.2, 0.25) is 0 Å². The van der Waals surface area contributed by atoms with E-state index in [-0.39, 0.29) is 24.9 Å². The summed E-state index contributed by atoms with van der Waals surface area (Å²) in [5, 5.41) is 37.5. The second-order valence-corrected chi connectivity index (χ2v) is 5.48. The van der Waals surface area contributed by atoms with Crippen LogP contribution in [0.2, 0.25) is 0 Å². The molecule has 0 fully saturated rings. The number of hydrogen-bond donors (Lipinski definition) is 4. The second-order valence-electron chi connectivity index (χ2n) is 5.48. The van der Waals surface area contributed by atoms with Gasteiger partial charge in [-0.2, -0.15) is 0 Å². The van der Waals surface area contributed by atoms with E-state index in [0.29, 0.717) is 25.7 Å². The summed E-state index contributed by atoms with van der Waals surface area (Å²) in [4.78, 5) is 0. The maximum atomic E-state index is 9.78. The molecule has 3 atom stereocenters. The molecule has 0 aliphatic heterocycles. The first-order chi connectivity index (χ1) is 9.10. The van der Waals surface area contributed by atoms with Crippen LogP contribution in [-0.4, -0.2) is 45.3 Å². The first kappa shape index (κ1) is 18.8. The Labute approximate surface area is 117 Å². The van der Waals surface area contributed by atoms with E-state index >= 15 is 0 Å². The molecule has 0 aliphatic carbocycles. The number of aliphatic hydroxyl groups excluding tert-OH is 4. The highest BCUT2D eigenvalue weighted by Crippen LogP contribution is 2.13. The maximum absolute atomic E-state index is 9.78. The van der Waals surface area contributed by atoms with Crippen molar-refractivity contribution in [3.8, 4) is 0 Å². The van der Waals surface area contributed by atoms with Crippen molar-refractivity contribution in [1.29, 1.82) is 0 Å². The molecule has 0 spiro atoms. The highest BCUT2D eigenvalue weighted by molar-refractivity contribution is 4.62. The lowest BCUT2D eigenvalue weighted by Gasteiger charge is -2.14. The van der Waals surface area contributed by atoms with Crippen molar-refractivity contribution in [3.63, 3.8) is 0 Å². The average Bonchev–Trinajstić information content (AvgIpc) is 2.36. The van der Waals surface area contributed by atoms with Gasteiger partial charge in [0.25, 0.3) is 0 Å². The summed E-state index contributed by atoms with van der Waals surface area (Å²) in [7, 11) is 0. The van der Waals surface area contributed by atoms with Crippen LogP contribution in [0, 0.1) is 0 Å². The Kier molecular flexibility index (Phi) is 12.7. The summed E-state index contributed by atoms with van der Waals surface area (Å²) in [5.41, 5.74) is 0. The summed E-state index contributed by atoms with van der Waals surface area (Å²) in [6.45, 7) is 2.18. The predicted octanol–water partition coefficient (Wildman–Crippen LogP) is 1.98. The fourth-order valence-corrected chi connectivity index (χ4v) is 2.27. The van der Waals surface area contributed by atoms with Gasteiger partial charge in [-0.1, -0.05) is 13.3 Å². The van der Waals surface area contributed by atoms with Crippen LogP contribution in [0.3, 0.4) is 0 Å². The van der Waals surface area contributed by atoms with Crippen LogP contribution < -0.4 is 0 Å². The molecule has 4 nitrogen and oxygen atoms in total. The quantitative estimate of drug-likeness (QED) is 0.415. The lowest BCUT2D eigenvalue weighted by Crippen LogP contribution is -2.12. The van der Waals surface area contributed by atoms with E-state index in [0.717, 1.165) is 38.5 Å². The smallest absolute Gasteiger partial charge is 0.0541 e. The Morgan fingerprint density at radius 1 is 0.632 bits per heavy atom. The standard InChI is InChI=1S/C15H32O4/c1-2-6-13(17)7-3-8-14(18)9-4-10-15(19)11-5-12-16/h13-19H,2-12H2,1H3. The minimum atomic E-state index is -0.356. The molecule has 0 bridgehead atoms. The van der Waals surface area contributed by atoms with E-state index in [1.54, 1.807) is 0 Å². The molecular weight excluding hydrogens is 244 g/mol. The average molecular weight is 276 g/mol. The van der Waals surface area contributed by atoms with Crippen LogP contribution in [0.15, 0.2) is 0 Å². The van der Waals surface area contributed by atoms with Gasteiger partial charge < -0.3 is 20.4 Å². The van der Waals surface area contributed by atoms with Crippen molar-refractivity contribution in [2.24, 2.45) is 0 Å². The van der Waals surface area contributed by atoms with Crippen molar-refractivity contribution in [3.05, 3.63) is 0 Å². The normalized spacial score (nSPS) is 16.3. The minimum Gasteiger partial charge on any atom is -0.396 e. The van der Waals surface area contributed by atoms with E-state index in [4.69, 9.17) is 5.11 Å². The van der Waals surface area contributed by atoms with Gasteiger partial charge in [0.1, 0.15) is 0 Å². The molecule has 0 aromatic carbocycles. The first-order valence-electron chi connectivity index (χ1n) is 7.75. The predicted molar refractivity (Wildman–Crippen MR) is 77.0 cm³/mol. The van der Waals surface area contributed by atoms with Crippen molar-refractivity contribution >= 4 is 0 Å². The zero-order chi connectivity index (χ0) is 14.5. The number of aliphatic hydroxyl groups is 4. The van der Waals surface area contributed by atoms with Crippen LogP contribution in [-0.2, 0) is 0 Å².